The molecule has 0 aromatic carbocycles. The third kappa shape index (κ3) is 17.6. The highest BCUT2D eigenvalue weighted by Gasteiger charge is 2.26. The van der Waals surface area contributed by atoms with Crippen LogP contribution in [0.3, 0.4) is 0 Å². The summed E-state index contributed by atoms with van der Waals surface area (Å²) in [4.78, 5) is 11.7. The molecule has 184 valence electrons. The zero-order chi connectivity index (χ0) is 22.4. The van der Waals surface area contributed by atoms with Gasteiger partial charge in [0.25, 0.3) is 0 Å². The molecule has 1 saturated heterocycles. The molecule has 0 bridgehead atoms. The number of rotatable bonds is 22. The van der Waals surface area contributed by atoms with E-state index >= 15 is 0 Å². The van der Waals surface area contributed by atoms with E-state index < -0.39 is 0 Å². The van der Waals surface area contributed by atoms with Crippen molar-refractivity contribution >= 4 is 5.97 Å². The minimum atomic E-state index is -0.108. The zero-order valence-electron chi connectivity index (χ0n) is 20.8. The third-order valence-electron chi connectivity index (χ3n) is 6.27. The van der Waals surface area contributed by atoms with Crippen molar-refractivity contribution in [2.75, 3.05) is 13.2 Å². The third-order valence-corrected chi connectivity index (χ3v) is 6.27. The Morgan fingerprint density at radius 3 is 1.74 bits per heavy atom. The van der Waals surface area contributed by atoms with Crippen LogP contribution in [-0.2, 0) is 19.0 Å². The summed E-state index contributed by atoms with van der Waals surface area (Å²) in [6.07, 6.45) is 25.1. The fraction of sp³-hybridized carbons (Fsp3) is 0.963. The van der Waals surface area contributed by atoms with Crippen LogP contribution in [0.5, 0.6) is 0 Å². The van der Waals surface area contributed by atoms with Gasteiger partial charge in [0.05, 0.1) is 6.61 Å². The molecule has 1 aliphatic heterocycles. The van der Waals surface area contributed by atoms with Crippen molar-refractivity contribution in [2.24, 2.45) is 0 Å². The molecule has 1 aliphatic rings. The lowest BCUT2D eigenvalue weighted by Crippen LogP contribution is -2.21. The van der Waals surface area contributed by atoms with E-state index in [-0.39, 0.29) is 18.4 Å². The smallest absolute Gasteiger partial charge is 0.305 e. The Kier molecular flexibility index (Phi) is 19.5. The number of ether oxygens (including phenoxy) is 3. The highest BCUT2D eigenvalue weighted by molar-refractivity contribution is 5.69. The maximum absolute atomic E-state index is 11.7. The van der Waals surface area contributed by atoms with E-state index in [1.165, 1.54) is 89.9 Å². The van der Waals surface area contributed by atoms with Crippen LogP contribution in [0.2, 0.25) is 0 Å². The second kappa shape index (κ2) is 21.2. The van der Waals surface area contributed by atoms with Gasteiger partial charge in [0.15, 0.2) is 6.29 Å². The molecule has 0 N–H and O–H groups in total. The van der Waals surface area contributed by atoms with Crippen LogP contribution in [0.1, 0.15) is 142 Å². The Labute approximate surface area is 193 Å². The molecule has 0 spiro atoms. The average molecular weight is 441 g/mol. The van der Waals surface area contributed by atoms with Crippen LogP contribution >= 0.6 is 0 Å². The molecule has 4 nitrogen and oxygen atoms in total. The normalized spacial score (nSPS) is 18.5. The molecule has 0 amide bonds. The van der Waals surface area contributed by atoms with Gasteiger partial charge in [-0.3, -0.25) is 4.79 Å². The minimum Gasteiger partial charge on any atom is -0.463 e. The van der Waals surface area contributed by atoms with Crippen LogP contribution in [0, 0.1) is 0 Å². The van der Waals surface area contributed by atoms with Crippen molar-refractivity contribution in [3.05, 3.63) is 0 Å². The average Bonchev–Trinajstić information content (AvgIpc) is 3.23. The van der Waals surface area contributed by atoms with Crippen molar-refractivity contribution in [1.29, 1.82) is 0 Å². The fourth-order valence-corrected chi connectivity index (χ4v) is 4.21. The topological polar surface area (TPSA) is 44.8 Å². The fourth-order valence-electron chi connectivity index (χ4n) is 4.21. The highest BCUT2D eigenvalue weighted by atomic mass is 16.7. The summed E-state index contributed by atoms with van der Waals surface area (Å²) >= 11 is 0. The second-order valence-electron chi connectivity index (χ2n) is 9.40. The molecule has 0 aromatic heterocycles. The number of carbonyl (C=O) groups is 1. The van der Waals surface area contributed by atoms with Crippen LogP contribution < -0.4 is 0 Å². The summed E-state index contributed by atoms with van der Waals surface area (Å²) in [5.41, 5.74) is 0. The van der Waals surface area contributed by atoms with Crippen LogP contribution in [0.25, 0.3) is 0 Å². The molecular weight excluding hydrogens is 388 g/mol. The molecule has 1 heterocycles. The molecule has 2 atom stereocenters. The van der Waals surface area contributed by atoms with Gasteiger partial charge in [-0.05, 0) is 19.3 Å². The molecule has 4 heteroatoms. The van der Waals surface area contributed by atoms with Crippen LogP contribution in [0.4, 0.5) is 0 Å². The SMILES string of the molecule is CCCCCCCCCCCCCCCCCC1OCC(COC(=O)CCCCC)O1. The lowest BCUT2D eigenvalue weighted by molar-refractivity contribution is -0.148. The van der Waals surface area contributed by atoms with Crippen molar-refractivity contribution in [3.8, 4) is 0 Å². The number of carbonyl (C=O) groups excluding carboxylic acids is 1. The summed E-state index contributed by atoms with van der Waals surface area (Å²) < 4.78 is 16.9. The second-order valence-corrected chi connectivity index (χ2v) is 9.40. The van der Waals surface area contributed by atoms with Gasteiger partial charge in [-0.1, -0.05) is 117 Å². The first-order valence-electron chi connectivity index (χ1n) is 13.7. The standard InChI is InChI=1S/C27H52O4/c1-3-5-7-8-9-10-11-12-13-14-15-16-17-18-20-22-27-30-24-25(31-27)23-29-26(28)21-19-6-4-2/h25,27H,3-24H2,1-2H3. The molecule has 31 heavy (non-hydrogen) atoms. The molecule has 2 unspecified atom stereocenters. The predicted molar refractivity (Wildman–Crippen MR) is 129 cm³/mol. The van der Waals surface area contributed by atoms with E-state index in [4.69, 9.17) is 14.2 Å². The molecule has 0 radical (unpaired) electrons. The number of hydrogen-bond donors (Lipinski definition) is 0. The van der Waals surface area contributed by atoms with Crippen LogP contribution in [-0.4, -0.2) is 31.6 Å². The quantitative estimate of drug-likeness (QED) is 0.126. The summed E-state index contributed by atoms with van der Waals surface area (Å²) in [5, 5.41) is 0. The van der Waals surface area contributed by atoms with Crippen molar-refractivity contribution in [3.63, 3.8) is 0 Å². The Morgan fingerprint density at radius 2 is 1.19 bits per heavy atom. The van der Waals surface area contributed by atoms with E-state index in [9.17, 15) is 4.79 Å². The van der Waals surface area contributed by atoms with Gasteiger partial charge in [0.1, 0.15) is 12.7 Å². The Hall–Kier alpha value is -0.610. The van der Waals surface area contributed by atoms with E-state index in [1.54, 1.807) is 0 Å². The first kappa shape index (κ1) is 28.4. The van der Waals surface area contributed by atoms with Gasteiger partial charge in [-0.15, -0.1) is 0 Å². The lowest BCUT2D eigenvalue weighted by atomic mass is 10.0. The van der Waals surface area contributed by atoms with E-state index in [0.717, 1.165) is 32.1 Å². The summed E-state index contributed by atoms with van der Waals surface area (Å²) in [7, 11) is 0. The van der Waals surface area contributed by atoms with Gasteiger partial charge in [0, 0.05) is 6.42 Å². The van der Waals surface area contributed by atoms with Gasteiger partial charge in [0.2, 0.25) is 0 Å². The Bertz CT molecular complexity index is 399. The molecular formula is C27H52O4. The summed E-state index contributed by atoms with van der Waals surface area (Å²) in [5.74, 6) is -0.108. The Morgan fingerprint density at radius 1 is 0.710 bits per heavy atom. The number of esters is 1. The maximum atomic E-state index is 11.7. The van der Waals surface area contributed by atoms with E-state index in [0.29, 0.717) is 19.6 Å². The van der Waals surface area contributed by atoms with Crippen molar-refractivity contribution in [2.45, 2.75) is 155 Å². The molecule has 0 aromatic rings. The molecule has 0 saturated carbocycles. The summed E-state index contributed by atoms with van der Waals surface area (Å²) in [6.45, 7) is 5.30. The van der Waals surface area contributed by atoms with Gasteiger partial charge in [-0.2, -0.15) is 0 Å². The summed E-state index contributed by atoms with van der Waals surface area (Å²) in [6, 6.07) is 0. The Balaban J connectivity index is 1.80. The monoisotopic (exact) mass is 440 g/mol. The largest absolute Gasteiger partial charge is 0.463 e. The van der Waals surface area contributed by atoms with Gasteiger partial charge >= 0.3 is 5.97 Å². The van der Waals surface area contributed by atoms with Crippen molar-refractivity contribution in [1.82, 2.24) is 0 Å². The van der Waals surface area contributed by atoms with Gasteiger partial charge < -0.3 is 14.2 Å². The van der Waals surface area contributed by atoms with Crippen LogP contribution in [0.15, 0.2) is 0 Å². The number of hydrogen-bond acceptors (Lipinski definition) is 4. The molecule has 1 fully saturated rings. The first-order chi connectivity index (χ1) is 15.3. The minimum absolute atomic E-state index is 0.0866. The molecule has 1 rings (SSSR count). The van der Waals surface area contributed by atoms with E-state index in [1.807, 2.05) is 0 Å². The molecule has 0 aliphatic carbocycles. The maximum Gasteiger partial charge on any atom is 0.305 e. The van der Waals surface area contributed by atoms with E-state index in [2.05, 4.69) is 13.8 Å². The number of unbranched alkanes of at least 4 members (excludes halogenated alkanes) is 16. The highest BCUT2D eigenvalue weighted by Crippen LogP contribution is 2.19. The van der Waals surface area contributed by atoms with Gasteiger partial charge in [-0.25, -0.2) is 0 Å². The van der Waals surface area contributed by atoms with Crippen molar-refractivity contribution < 1.29 is 19.0 Å². The first-order valence-corrected chi connectivity index (χ1v) is 13.7. The lowest BCUT2D eigenvalue weighted by Gasteiger charge is -2.12. The predicted octanol–water partition coefficient (Wildman–Crippen LogP) is 8.11. The zero-order valence-corrected chi connectivity index (χ0v) is 20.8.